The zero-order chi connectivity index (χ0) is 11.3. The SMILES string of the molecule is COC(=O)C(C)(C)CCc1ccccc1. The van der Waals surface area contributed by atoms with Crippen molar-refractivity contribution in [3.8, 4) is 0 Å². The van der Waals surface area contributed by atoms with Gasteiger partial charge in [-0.05, 0) is 32.3 Å². The Hall–Kier alpha value is -1.31. The Morgan fingerprint density at radius 1 is 1.27 bits per heavy atom. The van der Waals surface area contributed by atoms with E-state index in [1.54, 1.807) is 0 Å². The molecular weight excluding hydrogens is 188 g/mol. The van der Waals surface area contributed by atoms with E-state index in [-0.39, 0.29) is 5.97 Å². The molecule has 0 amide bonds. The summed E-state index contributed by atoms with van der Waals surface area (Å²) in [6.45, 7) is 3.84. The molecule has 0 spiro atoms. The predicted molar refractivity (Wildman–Crippen MR) is 60.6 cm³/mol. The predicted octanol–water partition coefficient (Wildman–Crippen LogP) is 2.82. The first-order valence-corrected chi connectivity index (χ1v) is 5.18. The van der Waals surface area contributed by atoms with Crippen LogP contribution in [-0.4, -0.2) is 13.1 Å². The van der Waals surface area contributed by atoms with Gasteiger partial charge in [-0.3, -0.25) is 4.79 Å². The number of carbonyl (C=O) groups is 1. The number of carbonyl (C=O) groups excluding carboxylic acids is 1. The molecule has 2 heteroatoms. The van der Waals surface area contributed by atoms with E-state index in [0.717, 1.165) is 12.8 Å². The Morgan fingerprint density at radius 2 is 1.87 bits per heavy atom. The van der Waals surface area contributed by atoms with Gasteiger partial charge in [0.1, 0.15) is 0 Å². The molecule has 0 aliphatic rings. The van der Waals surface area contributed by atoms with Gasteiger partial charge in [-0.25, -0.2) is 0 Å². The molecule has 0 N–H and O–H groups in total. The fourth-order valence-electron chi connectivity index (χ4n) is 1.48. The van der Waals surface area contributed by atoms with Gasteiger partial charge in [-0.1, -0.05) is 30.3 Å². The van der Waals surface area contributed by atoms with Crippen molar-refractivity contribution in [3.63, 3.8) is 0 Å². The lowest BCUT2D eigenvalue weighted by molar-refractivity contribution is -0.151. The van der Waals surface area contributed by atoms with E-state index < -0.39 is 5.41 Å². The highest BCUT2D eigenvalue weighted by Crippen LogP contribution is 2.24. The van der Waals surface area contributed by atoms with Gasteiger partial charge in [0.2, 0.25) is 0 Å². The second-order valence-electron chi connectivity index (χ2n) is 4.36. The van der Waals surface area contributed by atoms with Gasteiger partial charge < -0.3 is 4.74 Å². The molecule has 0 aliphatic heterocycles. The summed E-state index contributed by atoms with van der Waals surface area (Å²) in [7, 11) is 1.44. The van der Waals surface area contributed by atoms with E-state index in [1.165, 1.54) is 12.7 Å². The lowest BCUT2D eigenvalue weighted by atomic mass is 9.86. The quantitative estimate of drug-likeness (QED) is 0.708. The zero-order valence-electron chi connectivity index (χ0n) is 9.62. The molecule has 15 heavy (non-hydrogen) atoms. The molecule has 0 aromatic heterocycles. The zero-order valence-corrected chi connectivity index (χ0v) is 9.62. The average Bonchev–Trinajstić information content (AvgIpc) is 2.27. The van der Waals surface area contributed by atoms with Gasteiger partial charge in [-0.2, -0.15) is 0 Å². The monoisotopic (exact) mass is 206 g/mol. The minimum atomic E-state index is -0.398. The highest BCUT2D eigenvalue weighted by molar-refractivity contribution is 5.75. The Labute approximate surface area is 91.3 Å². The normalized spacial score (nSPS) is 11.1. The van der Waals surface area contributed by atoms with E-state index in [1.807, 2.05) is 32.0 Å². The summed E-state index contributed by atoms with van der Waals surface area (Å²) in [4.78, 5) is 11.4. The molecular formula is C13H18O2. The maximum absolute atomic E-state index is 11.4. The largest absolute Gasteiger partial charge is 0.469 e. The van der Waals surface area contributed by atoms with Crippen molar-refractivity contribution in [1.82, 2.24) is 0 Å². The molecule has 2 nitrogen and oxygen atoms in total. The van der Waals surface area contributed by atoms with Crippen molar-refractivity contribution in [2.24, 2.45) is 5.41 Å². The van der Waals surface area contributed by atoms with Gasteiger partial charge in [0.05, 0.1) is 12.5 Å². The first-order chi connectivity index (χ1) is 7.06. The average molecular weight is 206 g/mol. The molecule has 0 atom stereocenters. The lowest BCUT2D eigenvalue weighted by Crippen LogP contribution is -2.26. The molecule has 0 bridgehead atoms. The molecule has 0 fully saturated rings. The van der Waals surface area contributed by atoms with Crippen molar-refractivity contribution in [3.05, 3.63) is 35.9 Å². The number of esters is 1. The third-order valence-electron chi connectivity index (χ3n) is 2.62. The molecule has 0 heterocycles. The van der Waals surface area contributed by atoms with Gasteiger partial charge in [0.15, 0.2) is 0 Å². The second-order valence-corrected chi connectivity index (χ2v) is 4.36. The smallest absolute Gasteiger partial charge is 0.311 e. The number of aryl methyl sites for hydroxylation is 1. The molecule has 0 unspecified atom stereocenters. The molecule has 0 aliphatic carbocycles. The minimum Gasteiger partial charge on any atom is -0.469 e. The van der Waals surface area contributed by atoms with E-state index in [2.05, 4.69) is 12.1 Å². The topological polar surface area (TPSA) is 26.3 Å². The molecule has 1 aromatic rings. The molecule has 1 aromatic carbocycles. The third kappa shape index (κ3) is 3.39. The number of benzene rings is 1. The van der Waals surface area contributed by atoms with Crippen LogP contribution >= 0.6 is 0 Å². The summed E-state index contributed by atoms with van der Waals surface area (Å²) in [6, 6.07) is 10.2. The summed E-state index contributed by atoms with van der Waals surface area (Å²) >= 11 is 0. The number of hydrogen-bond donors (Lipinski definition) is 0. The Bertz CT molecular complexity index is 315. The van der Waals surface area contributed by atoms with Crippen LogP contribution < -0.4 is 0 Å². The maximum atomic E-state index is 11.4. The van der Waals surface area contributed by atoms with Crippen molar-refractivity contribution in [2.75, 3.05) is 7.11 Å². The summed E-state index contributed by atoms with van der Waals surface area (Å²) in [6.07, 6.45) is 1.71. The van der Waals surface area contributed by atoms with Crippen LogP contribution in [0.1, 0.15) is 25.8 Å². The standard InChI is InChI=1S/C13H18O2/c1-13(2,12(14)15-3)10-9-11-7-5-4-6-8-11/h4-8H,9-10H2,1-3H3. The van der Waals surface area contributed by atoms with Crippen LogP contribution in [0, 0.1) is 5.41 Å². The van der Waals surface area contributed by atoms with Crippen LogP contribution in [0.5, 0.6) is 0 Å². The number of methoxy groups -OCH3 is 1. The maximum Gasteiger partial charge on any atom is 0.311 e. The van der Waals surface area contributed by atoms with E-state index >= 15 is 0 Å². The van der Waals surface area contributed by atoms with Crippen molar-refractivity contribution >= 4 is 5.97 Å². The Kier molecular flexibility index (Phi) is 3.89. The van der Waals surface area contributed by atoms with Crippen LogP contribution in [0.25, 0.3) is 0 Å². The minimum absolute atomic E-state index is 0.140. The highest BCUT2D eigenvalue weighted by Gasteiger charge is 2.27. The van der Waals surface area contributed by atoms with E-state index in [9.17, 15) is 4.79 Å². The third-order valence-corrected chi connectivity index (χ3v) is 2.62. The number of hydrogen-bond acceptors (Lipinski definition) is 2. The highest BCUT2D eigenvalue weighted by atomic mass is 16.5. The second kappa shape index (κ2) is 4.96. The van der Waals surface area contributed by atoms with Gasteiger partial charge in [0, 0.05) is 0 Å². The summed E-state index contributed by atoms with van der Waals surface area (Å²) < 4.78 is 4.76. The number of ether oxygens (including phenoxy) is 1. The fraction of sp³-hybridized carbons (Fsp3) is 0.462. The Morgan fingerprint density at radius 3 is 2.40 bits per heavy atom. The van der Waals surface area contributed by atoms with Gasteiger partial charge in [0.25, 0.3) is 0 Å². The van der Waals surface area contributed by atoms with Crippen LogP contribution in [0.3, 0.4) is 0 Å². The van der Waals surface area contributed by atoms with Gasteiger partial charge >= 0.3 is 5.97 Å². The van der Waals surface area contributed by atoms with Crippen LogP contribution in [0.4, 0.5) is 0 Å². The van der Waals surface area contributed by atoms with E-state index in [0.29, 0.717) is 0 Å². The van der Waals surface area contributed by atoms with Crippen LogP contribution in [-0.2, 0) is 16.0 Å². The first-order valence-electron chi connectivity index (χ1n) is 5.18. The molecule has 0 radical (unpaired) electrons. The first kappa shape index (κ1) is 11.8. The number of rotatable bonds is 4. The summed E-state index contributed by atoms with van der Waals surface area (Å²) in [5.74, 6) is -0.140. The molecule has 82 valence electrons. The molecule has 0 saturated carbocycles. The van der Waals surface area contributed by atoms with Crippen LogP contribution in [0.2, 0.25) is 0 Å². The van der Waals surface area contributed by atoms with E-state index in [4.69, 9.17) is 4.74 Å². The fourth-order valence-corrected chi connectivity index (χ4v) is 1.48. The summed E-state index contributed by atoms with van der Waals surface area (Å²) in [5, 5.41) is 0. The Balaban J connectivity index is 2.53. The van der Waals surface area contributed by atoms with Crippen LogP contribution in [0.15, 0.2) is 30.3 Å². The van der Waals surface area contributed by atoms with Gasteiger partial charge in [-0.15, -0.1) is 0 Å². The molecule has 1 rings (SSSR count). The van der Waals surface area contributed by atoms with Crippen molar-refractivity contribution in [2.45, 2.75) is 26.7 Å². The van der Waals surface area contributed by atoms with Crippen molar-refractivity contribution < 1.29 is 9.53 Å². The summed E-state index contributed by atoms with van der Waals surface area (Å²) in [5.41, 5.74) is 0.861. The molecule has 0 saturated heterocycles. The lowest BCUT2D eigenvalue weighted by Gasteiger charge is -2.21. The van der Waals surface area contributed by atoms with Crippen molar-refractivity contribution in [1.29, 1.82) is 0 Å².